The number of hydrogen-bond donors (Lipinski definition) is 3. The van der Waals surface area contributed by atoms with Gasteiger partial charge in [-0.25, -0.2) is 8.98 Å². The summed E-state index contributed by atoms with van der Waals surface area (Å²) >= 11 is 0. The van der Waals surface area contributed by atoms with E-state index in [4.69, 9.17) is 13.2 Å². The quantitative estimate of drug-likeness (QED) is 0.560. The molecule has 4 fully saturated rings. The van der Waals surface area contributed by atoms with Crippen LogP contribution < -0.4 is 5.63 Å². The highest BCUT2D eigenvalue weighted by atomic mass is 32.3. The van der Waals surface area contributed by atoms with Gasteiger partial charge in [-0.05, 0) is 92.1 Å². The maximum Gasteiger partial charge on any atom is 0.397 e. The molecule has 9 heteroatoms. The molecule has 4 saturated carbocycles. The monoisotopic (exact) mass is 482 g/mol. The second kappa shape index (κ2) is 7.62. The van der Waals surface area contributed by atoms with Gasteiger partial charge in [0.05, 0.1) is 24.1 Å². The van der Waals surface area contributed by atoms with E-state index in [1.54, 1.807) is 6.07 Å². The Balaban J connectivity index is 1.44. The van der Waals surface area contributed by atoms with E-state index in [1.807, 2.05) is 0 Å². The van der Waals surface area contributed by atoms with Crippen molar-refractivity contribution in [3.8, 4) is 0 Å². The number of aliphatic hydroxyl groups is 2. The zero-order valence-electron chi connectivity index (χ0n) is 19.1. The van der Waals surface area contributed by atoms with E-state index in [-0.39, 0.29) is 29.1 Å². The van der Waals surface area contributed by atoms with Crippen LogP contribution in [0.5, 0.6) is 0 Å². The smallest absolute Gasteiger partial charge is 0.397 e. The molecular weight excluding hydrogens is 448 g/mol. The summed E-state index contributed by atoms with van der Waals surface area (Å²) in [4.78, 5) is 11.5. The van der Waals surface area contributed by atoms with Crippen LogP contribution in [0.3, 0.4) is 0 Å². The molecular formula is C24H34O8S. The summed E-state index contributed by atoms with van der Waals surface area (Å²) < 4.78 is 41.6. The molecule has 1 aromatic rings. The highest BCUT2D eigenvalue weighted by Gasteiger charge is 2.69. The Labute approximate surface area is 194 Å². The average molecular weight is 483 g/mol. The van der Waals surface area contributed by atoms with Crippen LogP contribution >= 0.6 is 0 Å². The van der Waals surface area contributed by atoms with Gasteiger partial charge in [0.15, 0.2) is 0 Å². The molecule has 1 aromatic heterocycles. The van der Waals surface area contributed by atoms with Crippen LogP contribution in [0, 0.1) is 28.6 Å². The molecule has 1 heterocycles. The van der Waals surface area contributed by atoms with Gasteiger partial charge in [-0.3, -0.25) is 4.55 Å². The van der Waals surface area contributed by atoms with E-state index in [0.29, 0.717) is 32.1 Å². The molecule has 0 radical (unpaired) electrons. The van der Waals surface area contributed by atoms with Gasteiger partial charge in [0.25, 0.3) is 0 Å². The lowest BCUT2D eigenvalue weighted by atomic mass is 9.42. The molecule has 0 spiro atoms. The van der Waals surface area contributed by atoms with E-state index in [2.05, 4.69) is 13.8 Å². The second-order valence-electron chi connectivity index (χ2n) is 11.4. The fraction of sp³-hybridized carbons (Fsp3) is 0.792. The topological polar surface area (TPSA) is 134 Å². The summed E-state index contributed by atoms with van der Waals surface area (Å²) in [5, 5.41) is 23.8. The van der Waals surface area contributed by atoms with Gasteiger partial charge in [-0.15, -0.1) is 0 Å². The summed E-state index contributed by atoms with van der Waals surface area (Å²) in [6, 6.07) is 3.19. The standard InChI is InChI=1S/C24H34O8S/c1-22-9-7-16(32-33(28,29)30)11-15(22)4-5-18-21(22)19(25)12-23(2)17(8-10-24(18,23)27)14-3-6-20(26)31-13-14/h3,6,13,15-19,21,25,27H,4-5,7-12H2,1-2H3,(H,28,29,30)/t15-,16+,17-,18-,19-,21-,22+,23-,24+/m1/s1. The summed E-state index contributed by atoms with van der Waals surface area (Å²) in [5.41, 5.74) is -1.23. The van der Waals surface area contributed by atoms with Gasteiger partial charge >= 0.3 is 16.0 Å². The Morgan fingerprint density at radius 2 is 1.88 bits per heavy atom. The Bertz CT molecular complexity index is 1060. The molecule has 0 aromatic carbocycles. The van der Waals surface area contributed by atoms with Crippen LogP contribution in [0.15, 0.2) is 27.6 Å². The molecule has 4 aliphatic carbocycles. The van der Waals surface area contributed by atoms with Crippen molar-refractivity contribution in [2.75, 3.05) is 0 Å². The molecule has 0 saturated heterocycles. The minimum absolute atomic E-state index is 0.00752. The first kappa shape index (κ1) is 23.5. The first-order valence-electron chi connectivity index (χ1n) is 12.0. The van der Waals surface area contributed by atoms with Crippen molar-refractivity contribution in [1.82, 2.24) is 0 Å². The van der Waals surface area contributed by atoms with E-state index in [1.165, 1.54) is 12.3 Å². The number of rotatable bonds is 3. The lowest BCUT2D eigenvalue weighted by molar-refractivity contribution is -0.239. The van der Waals surface area contributed by atoms with Crippen molar-refractivity contribution in [2.24, 2.45) is 28.6 Å². The minimum Gasteiger partial charge on any atom is -0.431 e. The van der Waals surface area contributed by atoms with E-state index in [0.717, 1.165) is 24.8 Å². The van der Waals surface area contributed by atoms with E-state index < -0.39 is 39.2 Å². The largest absolute Gasteiger partial charge is 0.431 e. The molecule has 33 heavy (non-hydrogen) atoms. The van der Waals surface area contributed by atoms with Gasteiger partial charge in [-0.1, -0.05) is 13.8 Å². The Kier molecular flexibility index (Phi) is 5.42. The minimum atomic E-state index is -4.50. The molecule has 5 rings (SSSR count). The van der Waals surface area contributed by atoms with Crippen molar-refractivity contribution in [1.29, 1.82) is 0 Å². The zero-order valence-corrected chi connectivity index (χ0v) is 20.0. The Morgan fingerprint density at radius 3 is 2.55 bits per heavy atom. The van der Waals surface area contributed by atoms with Crippen molar-refractivity contribution in [3.63, 3.8) is 0 Å². The molecule has 9 atom stereocenters. The van der Waals surface area contributed by atoms with Crippen LogP contribution in [0.2, 0.25) is 0 Å². The van der Waals surface area contributed by atoms with Crippen molar-refractivity contribution in [2.45, 2.75) is 88.9 Å². The SMILES string of the molecule is C[C@]12CC[C@H](OS(=O)(=O)O)C[C@H]1CC[C@@H]1[C@@H]2[C@H](O)C[C@]2(C)[C@@H](c3ccc(=O)oc3)CC[C@]12O. The van der Waals surface area contributed by atoms with Crippen LogP contribution in [0.1, 0.15) is 76.7 Å². The van der Waals surface area contributed by atoms with Crippen molar-refractivity contribution in [3.05, 3.63) is 34.4 Å². The normalized spacial score (nSPS) is 47.4. The third kappa shape index (κ3) is 3.54. The molecule has 3 N–H and O–H groups in total. The number of aliphatic hydroxyl groups excluding tert-OH is 1. The lowest BCUT2D eigenvalue weighted by Crippen LogP contribution is -2.66. The van der Waals surface area contributed by atoms with Crippen LogP contribution in [0.25, 0.3) is 0 Å². The fourth-order valence-electron chi connectivity index (χ4n) is 8.65. The summed E-state index contributed by atoms with van der Waals surface area (Å²) in [6.45, 7) is 4.24. The molecule has 8 nitrogen and oxygen atoms in total. The predicted octanol–water partition coefficient (Wildman–Crippen LogP) is 3.04. The summed E-state index contributed by atoms with van der Waals surface area (Å²) in [6.07, 6.45) is 5.47. The van der Waals surface area contributed by atoms with Gasteiger partial charge in [0.2, 0.25) is 0 Å². The fourth-order valence-corrected chi connectivity index (χ4v) is 9.17. The highest BCUT2D eigenvalue weighted by Crippen LogP contribution is 2.70. The Hall–Kier alpha value is -1.26. The van der Waals surface area contributed by atoms with Gasteiger partial charge in [-0.2, -0.15) is 8.42 Å². The predicted molar refractivity (Wildman–Crippen MR) is 119 cm³/mol. The molecule has 184 valence electrons. The van der Waals surface area contributed by atoms with Crippen LogP contribution in [0.4, 0.5) is 0 Å². The summed E-state index contributed by atoms with van der Waals surface area (Å²) in [7, 11) is -4.50. The maximum absolute atomic E-state index is 12.2. The number of fused-ring (bicyclic) bond motifs is 5. The molecule has 4 aliphatic rings. The van der Waals surface area contributed by atoms with Gasteiger partial charge < -0.3 is 14.6 Å². The van der Waals surface area contributed by atoms with Crippen molar-refractivity contribution >= 4 is 10.4 Å². The second-order valence-corrected chi connectivity index (χ2v) is 12.5. The Morgan fingerprint density at radius 1 is 1.12 bits per heavy atom. The highest BCUT2D eigenvalue weighted by molar-refractivity contribution is 7.80. The summed E-state index contributed by atoms with van der Waals surface area (Å²) in [5.74, 6) is -0.00458. The third-order valence-corrected chi connectivity index (χ3v) is 10.6. The third-order valence-electron chi connectivity index (χ3n) is 10.1. The average Bonchev–Trinajstić information content (AvgIpc) is 2.99. The molecule has 0 unspecified atom stereocenters. The molecule has 0 aliphatic heterocycles. The van der Waals surface area contributed by atoms with Crippen LogP contribution in [-0.2, 0) is 14.6 Å². The lowest BCUT2D eigenvalue weighted by Gasteiger charge is -2.65. The van der Waals surface area contributed by atoms with E-state index in [9.17, 15) is 23.4 Å². The van der Waals surface area contributed by atoms with Gasteiger partial charge in [0.1, 0.15) is 0 Å². The van der Waals surface area contributed by atoms with Crippen LogP contribution in [-0.4, -0.2) is 41.0 Å². The van der Waals surface area contributed by atoms with Gasteiger partial charge in [0, 0.05) is 11.5 Å². The van der Waals surface area contributed by atoms with Crippen molar-refractivity contribution < 1.29 is 31.8 Å². The maximum atomic E-state index is 12.2. The molecule has 0 amide bonds. The zero-order chi connectivity index (χ0) is 23.8. The number of hydrogen-bond acceptors (Lipinski definition) is 7. The van der Waals surface area contributed by atoms with E-state index >= 15 is 0 Å². The first-order valence-corrected chi connectivity index (χ1v) is 13.4. The molecule has 0 bridgehead atoms. The first-order chi connectivity index (χ1) is 15.4.